The maximum absolute atomic E-state index is 9.91. The topological polar surface area (TPSA) is 48.5 Å². The minimum absolute atomic E-state index is 0.199. The van der Waals surface area contributed by atoms with Crippen LogP contribution in [0.2, 0.25) is 0 Å². The molecule has 0 atom stereocenters. The molecular formula is C60H41N5. The summed E-state index contributed by atoms with van der Waals surface area (Å²) in [6, 6.07) is 14.8. The van der Waals surface area contributed by atoms with Crippen molar-refractivity contribution in [1.29, 1.82) is 0 Å². The second-order valence-electron chi connectivity index (χ2n) is 16.2. The van der Waals surface area contributed by atoms with E-state index in [9.17, 15) is 9.60 Å². The number of para-hydroxylation sites is 3. The molecule has 0 amide bonds. The highest BCUT2D eigenvalue weighted by Gasteiger charge is 2.35. The zero-order valence-corrected chi connectivity index (χ0v) is 34.4. The molecule has 9 aromatic carbocycles. The van der Waals surface area contributed by atoms with Crippen molar-refractivity contribution in [3.8, 4) is 67.8 Å². The number of benzene rings is 9. The van der Waals surface area contributed by atoms with Gasteiger partial charge in [0.2, 0.25) is 11.9 Å². The van der Waals surface area contributed by atoms with E-state index in [2.05, 4.69) is 50.2 Å². The van der Waals surface area contributed by atoms with E-state index in [4.69, 9.17) is 32.8 Å². The average Bonchev–Trinajstić information content (AvgIpc) is 2.80. The predicted molar refractivity (Wildman–Crippen MR) is 268 cm³/mol. The Labute approximate surface area is 404 Å². The van der Waals surface area contributed by atoms with Gasteiger partial charge in [0, 0.05) is 32.5 Å². The summed E-state index contributed by atoms with van der Waals surface area (Å²) in [6.07, 6.45) is 0. The van der Waals surface area contributed by atoms with Crippen LogP contribution in [0.4, 0.5) is 0 Å². The van der Waals surface area contributed by atoms with Gasteiger partial charge in [0.1, 0.15) is 0 Å². The van der Waals surface area contributed by atoms with Crippen LogP contribution in [0.1, 0.15) is 52.4 Å². The fourth-order valence-corrected chi connectivity index (χ4v) is 9.07. The Morgan fingerprint density at radius 3 is 1.48 bits per heavy atom. The lowest BCUT2D eigenvalue weighted by atomic mass is 9.81. The smallest absolute Gasteiger partial charge is 0.240 e. The standard InChI is InChI=1S/C60H41N5/c1-60(2)51-20-10-6-16-45(51)46-34-32-43(36-52(46)60)41-26-24-39(25-27-41)40-28-30-42(31-29-40)57-61-58(64-53-21-11-7-17-47(53)48-18-8-12-22-54(48)64)63-59(62-57)65-55-23-13-9-19-49(55)50-35-33-44(37-56(50)65)38-14-4-3-5-15-38/h3-37H,1-2H3/i3D,4D,5D,7D,8D,9D,11D,12D,13D,14D,15D,17D,18D,19D,21D,22D,23D,33D,35D,37D. The second-order valence-corrected chi connectivity index (χ2v) is 16.2. The summed E-state index contributed by atoms with van der Waals surface area (Å²) >= 11 is 0. The molecule has 1 aliphatic carbocycles. The van der Waals surface area contributed by atoms with Gasteiger partial charge in [-0.05, 0) is 85.9 Å². The van der Waals surface area contributed by atoms with E-state index >= 15 is 0 Å². The van der Waals surface area contributed by atoms with Crippen molar-refractivity contribution in [2.45, 2.75) is 19.3 Å². The summed E-state index contributed by atoms with van der Waals surface area (Å²) in [5.41, 5.74) is 5.60. The van der Waals surface area contributed by atoms with Gasteiger partial charge < -0.3 is 0 Å². The normalized spacial score (nSPS) is 17.2. The monoisotopic (exact) mass is 851 g/mol. The van der Waals surface area contributed by atoms with Crippen molar-refractivity contribution < 1.29 is 27.4 Å². The molecule has 3 heterocycles. The molecule has 1 aliphatic rings. The van der Waals surface area contributed by atoms with E-state index in [0.29, 0.717) is 0 Å². The molecule has 5 heteroatoms. The number of hydrogen-bond donors (Lipinski definition) is 0. The van der Waals surface area contributed by atoms with E-state index in [0.717, 1.165) is 31.4 Å². The summed E-state index contributed by atoms with van der Waals surface area (Å²) < 4.78 is 182. The first-order chi connectivity index (χ1) is 40.3. The summed E-state index contributed by atoms with van der Waals surface area (Å²) in [7, 11) is 0. The Bertz CT molecular complexity index is 4930. The molecule has 0 aliphatic heterocycles. The van der Waals surface area contributed by atoms with Gasteiger partial charge >= 0.3 is 0 Å². The molecule has 65 heavy (non-hydrogen) atoms. The molecule has 5 nitrogen and oxygen atoms in total. The van der Waals surface area contributed by atoms with Gasteiger partial charge in [-0.25, -0.2) is 0 Å². The fraction of sp³-hybridized carbons (Fsp3) is 0.0500. The van der Waals surface area contributed by atoms with Crippen molar-refractivity contribution in [3.05, 3.63) is 223 Å². The number of hydrogen-bond acceptors (Lipinski definition) is 3. The van der Waals surface area contributed by atoms with Crippen LogP contribution in [0.15, 0.2) is 212 Å². The van der Waals surface area contributed by atoms with Gasteiger partial charge in [0.05, 0.1) is 49.5 Å². The minimum atomic E-state index is -0.821. The van der Waals surface area contributed by atoms with E-state index in [-0.39, 0.29) is 44.0 Å². The molecule has 0 bridgehead atoms. The molecule has 0 unspecified atom stereocenters. The van der Waals surface area contributed by atoms with Crippen molar-refractivity contribution in [3.63, 3.8) is 0 Å². The maximum atomic E-state index is 9.91. The van der Waals surface area contributed by atoms with E-state index in [1.54, 1.807) is 24.3 Å². The number of fused-ring (bicyclic) bond motifs is 9. The first-order valence-corrected chi connectivity index (χ1v) is 20.6. The molecule has 306 valence electrons. The number of nitrogens with zero attached hydrogens (tertiary/aromatic N) is 5. The molecule has 0 saturated heterocycles. The third-order valence-electron chi connectivity index (χ3n) is 12.2. The zero-order chi connectivity index (χ0) is 60.6. The molecule has 13 rings (SSSR count). The van der Waals surface area contributed by atoms with Gasteiger partial charge in [0.15, 0.2) is 5.82 Å². The van der Waals surface area contributed by atoms with Gasteiger partial charge in [0.25, 0.3) is 0 Å². The van der Waals surface area contributed by atoms with Crippen molar-refractivity contribution in [2.75, 3.05) is 0 Å². The van der Waals surface area contributed by atoms with Crippen molar-refractivity contribution >= 4 is 43.6 Å². The van der Waals surface area contributed by atoms with E-state index < -0.39 is 160 Å². The van der Waals surface area contributed by atoms with Crippen LogP contribution in [-0.2, 0) is 5.41 Å². The first-order valence-electron chi connectivity index (χ1n) is 30.6. The molecule has 0 spiro atoms. The maximum Gasteiger partial charge on any atom is 0.240 e. The van der Waals surface area contributed by atoms with Crippen molar-refractivity contribution in [1.82, 2.24) is 24.1 Å². The number of rotatable bonds is 6. The van der Waals surface area contributed by atoms with Gasteiger partial charge in [-0.15, -0.1) is 0 Å². The van der Waals surface area contributed by atoms with Crippen LogP contribution in [-0.4, -0.2) is 24.1 Å². The van der Waals surface area contributed by atoms with Gasteiger partial charge in [-0.2, -0.15) is 15.0 Å². The van der Waals surface area contributed by atoms with Crippen LogP contribution in [0.5, 0.6) is 0 Å². The zero-order valence-electron chi connectivity index (χ0n) is 54.4. The average molecular weight is 852 g/mol. The summed E-state index contributed by atoms with van der Waals surface area (Å²) in [5.74, 6) is -1.36. The molecule has 0 fully saturated rings. The molecule has 12 aromatic rings. The summed E-state index contributed by atoms with van der Waals surface area (Å²) in [5, 5.41) is -1.42. The Morgan fingerprint density at radius 1 is 0.385 bits per heavy atom. The summed E-state index contributed by atoms with van der Waals surface area (Å²) in [4.78, 5) is 14.5. The second kappa shape index (κ2) is 14.3. The lowest BCUT2D eigenvalue weighted by molar-refractivity contribution is 0.660. The quantitative estimate of drug-likeness (QED) is 0.167. The Hall–Kier alpha value is -8.41. The van der Waals surface area contributed by atoms with Crippen LogP contribution >= 0.6 is 0 Å². The molecular weight excluding hydrogens is 791 g/mol. The highest BCUT2D eigenvalue weighted by molar-refractivity contribution is 6.11. The minimum Gasteiger partial charge on any atom is -0.278 e. The molecule has 3 aromatic heterocycles. The Kier molecular flexibility index (Phi) is 4.91. The fourth-order valence-electron chi connectivity index (χ4n) is 9.07. The highest BCUT2D eigenvalue weighted by Crippen LogP contribution is 2.49. The van der Waals surface area contributed by atoms with E-state index in [1.165, 1.54) is 22.3 Å². The number of aromatic nitrogens is 5. The third-order valence-corrected chi connectivity index (χ3v) is 12.2. The van der Waals surface area contributed by atoms with Crippen LogP contribution < -0.4 is 0 Å². The van der Waals surface area contributed by atoms with Gasteiger partial charge in [-0.1, -0.05) is 195 Å². The first kappa shape index (κ1) is 22.3. The molecule has 0 radical (unpaired) electrons. The largest absolute Gasteiger partial charge is 0.278 e. The molecule has 0 N–H and O–H groups in total. The van der Waals surface area contributed by atoms with Crippen molar-refractivity contribution in [2.24, 2.45) is 0 Å². The highest BCUT2D eigenvalue weighted by atomic mass is 15.3. The lowest BCUT2D eigenvalue weighted by Crippen LogP contribution is -2.14. The van der Waals surface area contributed by atoms with Gasteiger partial charge in [-0.3, -0.25) is 9.13 Å². The SMILES string of the molecule is [2H]c1c([2H])c([2H])c(-c2c([2H])c([2H])c3c4c([2H])c([2H])c([2H])c([2H])c4n(-c4nc(-c5ccc(-c6ccc(-c7ccc8c(c7)C(C)(C)c7ccccc7-8)cc6)cc5)nc(-n5c6c([2H])c([2H])c([2H])c([2H])c6c6c([2H])c([2H])c([2H])c([2H])c65)n4)c3c2[2H])c([2H])c1[2H]. The third kappa shape index (κ3) is 5.82. The van der Waals surface area contributed by atoms with Crippen LogP contribution in [0.25, 0.3) is 111 Å². The Balaban J connectivity index is 1.08. The van der Waals surface area contributed by atoms with Crippen LogP contribution in [0, 0.1) is 0 Å². The molecule has 0 saturated carbocycles. The predicted octanol–water partition coefficient (Wildman–Crippen LogP) is 15.0. The summed E-state index contributed by atoms with van der Waals surface area (Å²) in [6.45, 7) is 4.45. The Morgan fingerprint density at radius 2 is 0.862 bits per heavy atom. The lowest BCUT2D eigenvalue weighted by Gasteiger charge is -2.22. The van der Waals surface area contributed by atoms with E-state index in [1.807, 2.05) is 30.3 Å². The van der Waals surface area contributed by atoms with Crippen LogP contribution in [0.3, 0.4) is 0 Å².